The van der Waals surface area contributed by atoms with E-state index in [2.05, 4.69) is 16.0 Å². The van der Waals surface area contributed by atoms with Crippen LogP contribution in [0.2, 0.25) is 0 Å². The molecule has 0 bridgehead atoms. The number of aromatic nitrogens is 2. The smallest absolute Gasteiger partial charge is 0.352 e. The molecule has 1 aromatic carbocycles. The summed E-state index contributed by atoms with van der Waals surface area (Å²) in [7, 11) is 0. The summed E-state index contributed by atoms with van der Waals surface area (Å²) in [5.74, 6) is 1.26. The number of hydrogen-bond donors (Lipinski definition) is 0. The van der Waals surface area contributed by atoms with Gasteiger partial charge < -0.3 is 9.64 Å². The lowest BCUT2D eigenvalue weighted by Gasteiger charge is -2.30. The van der Waals surface area contributed by atoms with Crippen molar-refractivity contribution in [1.82, 2.24) is 9.55 Å². The molecule has 0 N–H and O–H groups in total. The quantitative estimate of drug-likeness (QED) is 0.865. The Morgan fingerprint density at radius 3 is 3.12 bits per heavy atom. The Labute approximate surface area is 139 Å². The van der Waals surface area contributed by atoms with Gasteiger partial charge >= 0.3 is 5.69 Å². The molecule has 1 saturated heterocycles. The fourth-order valence-corrected chi connectivity index (χ4v) is 3.55. The summed E-state index contributed by atoms with van der Waals surface area (Å²) < 4.78 is 7.47. The van der Waals surface area contributed by atoms with Crippen molar-refractivity contribution in [2.75, 3.05) is 11.4 Å². The van der Waals surface area contributed by atoms with Crippen molar-refractivity contribution in [1.29, 1.82) is 5.26 Å². The van der Waals surface area contributed by atoms with Crippen LogP contribution in [0, 0.1) is 11.3 Å². The topological polar surface area (TPSA) is 71.1 Å². The molecule has 0 amide bonds. The van der Waals surface area contributed by atoms with Crippen LogP contribution >= 0.6 is 0 Å². The van der Waals surface area contributed by atoms with Gasteiger partial charge in [0.25, 0.3) is 0 Å². The number of piperidine rings is 1. The van der Waals surface area contributed by atoms with Gasteiger partial charge in [0.1, 0.15) is 12.4 Å². The number of nitriles is 1. The Kier molecular flexibility index (Phi) is 3.69. The second-order valence-corrected chi connectivity index (χ2v) is 6.29. The molecule has 122 valence electrons. The molecule has 1 fully saturated rings. The molecule has 0 unspecified atom stereocenters. The fourth-order valence-electron chi connectivity index (χ4n) is 3.55. The zero-order valence-corrected chi connectivity index (χ0v) is 13.3. The maximum atomic E-state index is 12.3. The third kappa shape index (κ3) is 2.62. The van der Waals surface area contributed by atoms with Crippen molar-refractivity contribution in [2.24, 2.45) is 0 Å². The molecular formula is C18H18N4O2. The van der Waals surface area contributed by atoms with E-state index < -0.39 is 0 Å². The van der Waals surface area contributed by atoms with E-state index in [1.165, 1.54) is 6.42 Å². The molecule has 2 aliphatic heterocycles. The first-order chi connectivity index (χ1) is 11.7. The minimum absolute atomic E-state index is 0.248. The van der Waals surface area contributed by atoms with E-state index in [0.29, 0.717) is 17.5 Å². The van der Waals surface area contributed by atoms with Crippen molar-refractivity contribution < 1.29 is 4.74 Å². The van der Waals surface area contributed by atoms with Crippen molar-refractivity contribution in [2.45, 2.75) is 38.5 Å². The summed E-state index contributed by atoms with van der Waals surface area (Å²) in [6.45, 7) is 2.00. The Morgan fingerprint density at radius 1 is 1.33 bits per heavy atom. The van der Waals surface area contributed by atoms with Crippen LogP contribution in [0.25, 0.3) is 0 Å². The van der Waals surface area contributed by atoms with Gasteiger partial charge in [-0.3, -0.25) is 4.57 Å². The normalized spacial score (nSPS) is 18.6. The SMILES string of the molecule is N#Cc1cccc(COc2cc3n(c(=O)n2)C[C@@H]2CCCCN32)c1. The van der Waals surface area contributed by atoms with Gasteiger partial charge in [-0.2, -0.15) is 10.2 Å². The maximum absolute atomic E-state index is 12.3. The number of benzene rings is 1. The molecule has 2 aliphatic rings. The molecule has 2 aromatic rings. The Hall–Kier alpha value is -2.81. The first-order valence-electron chi connectivity index (χ1n) is 8.25. The highest BCUT2D eigenvalue weighted by Gasteiger charge is 2.32. The lowest BCUT2D eigenvalue weighted by atomic mass is 10.0. The fraction of sp³-hybridized carbons (Fsp3) is 0.389. The predicted molar refractivity (Wildman–Crippen MR) is 89.0 cm³/mol. The van der Waals surface area contributed by atoms with Gasteiger partial charge in [0.15, 0.2) is 0 Å². The van der Waals surface area contributed by atoms with Crippen molar-refractivity contribution in [3.8, 4) is 11.9 Å². The summed E-state index contributed by atoms with van der Waals surface area (Å²) in [5.41, 5.74) is 1.23. The van der Waals surface area contributed by atoms with Crippen LogP contribution < -0.4 is 15.3 Å². The minimum atomic E-state index is -0.248. The number of rotatable bonds is 3. The Morgan fingerprint density at radius 2 is 2.25 bits per heavy atom. The van der Waals surface area contributed by atoms with E-state index in [4.69, 9.17) is 10.00 Å². The van der Waals surface area contributed by atoms with Crippen molar-refractivity contribution in [3.05, 3.63) is 51.9 Å². The summed E-state index contributed by atoms with van der Waals surface area (Å²) >= 11 is 0. The van der Waals surface area contributed by atoms with Crippen LogP contribution in [0.15, 0.2) is 35.1 Å². The standard InChI is InChI=1S/C18H18N4O2/c19-10-13-4-3-5-14(8-13)12-24-16-9-17-21-7-2-1-6-15(21)11-22(17)18(23)20-16/h3-5,8-9,15H,1-2,6-7,11-12H2/t15-/m0/s1. The Balaban J connectivity index is 1.56. The number of hydrogen-bond acceptors (Lipinski definition) is 5. The molecule has 1 aromatic heterocycles. The predicted octanol–water partition coefficient (Wildman–Crippen LogP) is 2.07. The molecule has 6 nitrogen and oxygen atoms in total. The number of ether oxygens (including phenoxy) is 1. The van der Waals surface area contributed by atoms with E-state index in [1.807, 2.05) is 18.2 Å². The average molecular weight is 322 g/mol. The monoisotopic (exact) mass is 322 g/mol. The van der Waals surface area contributed by atoms with E-state index in [0.717, 1.165) is 37.3 Å². The van der Waals surface area contributed by atoms with Crippen molar-refractivity contribution in [3.63, 3.8) is 0 Å². The van der Waals surface area contributed by atoms with Gasteiger partial charge in [0, 0.05) is 25.2 Å². The van der Waals surface area contributed by atoms with Crippen LogP contribution in [0.4, 0.5) is 5.82 Å². The molecule has 24 heavy (non-hydrogen) atoms. The molecule has 0 spiro atoms. The zero-order valence-electron chi connectivity index (χ0n) is 13.3. The zero-order chi connectivity index (χ0) is 16.5. The average Bonchev–Trinajstić information content (AvgIpc) is 3.00. The van der Waals surface area contributed by atoms with E-state index >= 15 is 0 Å². The summed E-state index contributed by atoms with van der Waals surface area (Å²) in [6.07, 6.45) is 3.50. The molecule has 0 saturated carbocycles. The van der Waals surface area contributed by atoms with Crippen LogP contribution in [0.5, 0.6) is 5.88 Å². The van der Waals surface area contributed by atoms with Crippen LogP contribution in [-0.4, -0.2) is 22.1 Å². The molecule has 6 heteroatoms. The first-order valence-corrected chi connectivity index (χ1v) is 8.25. The third-order valence-corrected chi connectivity index (χ3v) is 4.72. The van der Waals surface area contributed by atoms with Gasteiger partial charge in [0.05, 0.1) is 11.6 Å². The van der Waals surface area contributed by atoms with Gasteiger partial charge in [-0.1, -0.05) is 12.1 Å². The first kappa shape index (κ1) is 14.8. The van der Waals surface area contributed by atoms with Crippen molar-refractivity contribution >= 4 is 5.82 Å². The largest absolute Gasteiger partial charge is 0.473 e. The highest BCUT2D eigenvalue weighted by atomic mass is 16.5. The highest BCUT2D eigenvalue weighted by Crippen LogP contribution is 2.32. The second kappa shape index (κ2) is 6.00. The summed E-state index contributed by atoms with van der Waals surface area (Å²) in [6, 6.07) is 11.6. The van der Waals surface area contributed by atoms with E-state index in [9.17, 15) is 4.79 Å². The molecule has 3 heterocycles. The summed E-state index contributed by atoms with van der Waals surface area (Å²) in [5, 5.41) is 8.95. The molecule has 4 rings (SSSR count). The van der Waals surface area contributed by atoms with Crippen LogP contribution in [0.3, 0.4) is 0 Å². The molecular weight excluding hydrogens is 304 g/mol. The number of nitrogens with zero attached hydrogens (tertiary/aromatic N) is 4. The molecule has 1 atom stereocenters. The second-order valence-electron chi connectivity index (χ2n) is 6.29. The van der Waals surface area contributed by atoms with E-state index in [1.54, 1.807) is 16.7 Å². The summed E-state index contributed by atoms with van der Waals surface area (Å²) in [4.78, 5) is 18.6. The van der Waals surface area contributed by atoms with Gasteiger partial charge in [-0.15, -0.1) is 0 Å². The maximum Gasteiger partial charge on any atom is 0.352 e. The molecule has 0 aliphatic carbocycles. The van der Waals surface area contributed by atoms with Crippen LogP contribution in [-0.2, 0) is 13.2 Å². The third-order valence-electron chi connectivity index (χ3n) is 4.72. The molecule has 0 radical (unpaired) electrons. The number of fused-ring (bicyclic) bond motifs is 3. The highest BCUT2D eigenvalue weighted by molar-refractivity contribution is 5.47. The lowest BCUT2D eigenvalue weighted by Crippen LogP contribution is -2.36. The number of anilines is 1. The van der Waals surface area contributed by atoms with Gasteiger partial charge in [-0.05, 0) is 37.0 Å². The Bertz CT molecular complexity index is 868. The lowest BCUT2D eigenvalue weighted by molar-refractivity contribution is 0.291. The minimum Gasteiger partial charge on any atom is -0.473 e. The van der Waals surface area contributed by atoms with E-state index in [-0.39, 0.29) is 12.3 Å². The van der Waals surface area contributed by atoms with Gasteiger partial charge in [-0.25, -0.2) is 4.79 Å². The van der Waals surface area contributed by atoms with Gasteiger partial charge in [0.2, 0.25) is 5.88 Å². The van der Waals surface area contributed by atoms with Crippen LogP contribution in [0.1, 0.15) is 30.4 Å².